The van der Waals surface area contributed by atoms with Gasteiger partial charge in [0.2, 0.25) is 5.91 Å². The van der Waals surface area contributed by atoms with Crippen LogP contribution in [0, 0.1) is 5.92 Å². The summed E-state index contributed by atoms with van der Waals surface area (Å²) in [6, 6.07) is 10.7. The molecule has 1 fully saturated rings. The van der Waals surface area contributed by atoms with Gasteiger partial charge in [-0.15, -0.1) is 0 Å². The van der Waals surface area contributed by atoms with Gasteiger partial charge in [-0.05, 0) is 48.7 Å². The smallest absolute Gasteiger partial charge is 0.387 e. The van der Waals surface area contributed by atoms with Crippen molar-refractivity contribution in [3.05, 3.63) is 53.6 Å². The van der Waals surface area contributed by atoms with Gasteiger partial charge in [0.15, 0.2) is 11.5 Å². The predicted molar refractivity (Wildman–Crippen MR) is 96.5 cm³/mol. The molecule has 1 saturated carbocycles. The van der Waals surface area contributed by atoms with E-state index in [1.807, 2.05) is 0 Å². The molecule has 0 aromatic heterocycles. The number of carbonyl (C=O) groups excluding carboxylic acids is 2. The number of alkyl halides is 2. The van der Waals surface area contributed by atoms with E-state index in [2.05, 4.69) is 10.1 Å². The zero-order valence-electron chi connectivity index (χ0n) is 15.1. The second-order valence-electron chi connectivity index (χ2n) is 6.28. The molecule has 0 bridgehead atoms. The molecule has 1 amide bonds. The third-order valence-corrected chi connectivity index (χ3v) is 4.13. The highest BCUT2D eigenvalue weighted by molar-refractivity contribution is 5.96. The first-order valence-electron chi connectivity index (χ1n) is 8.66. The van der Waals surface area contributed by atoms with Gasteiger partial charge in [-0.25, -0.2) is 4.79 Å². The first-order chi connectivity index (χ1) is 13.5. The van der Waals surface area contributed by atoms with Gasteiger partial charge in [-0.2, -0.15) is 8.78 Å². The van der Waals surface area contributed by atoms with Crippen LogP contribution in [0.4, 0.5) is 14.5 Å². The van der Waals surface area contributed by atoms with Crippen LogP contribution in [0.15, 0.2) is 42.5 Å². The van der Waals surface area contributed by atoms with Crippen molar-refractivity contribution in [3.8, 4) is 11.5 Å². The maximum Gasteiger partial charge on any atom is 0.387 e. The van der Waals surface area contributed by atoms with Gasteiger partial charge in [0.1, 0.15) is 6.61 Å². The number of methoxy groups -OCH3 is 1. The molecule has 1 aliphatic carbocycles. The van der Waals surface area contributed by atoms with Gasteiger partial charge >= 0.3 is 12.6 Å². The van der Waals surface area contributed by atoms with Crippen LogP contribution in [-0.4, -0.2) is 25.6 Å². The van der Waals surface area contributed by atoms with Crippen LogP contribution in [0.5, 0.6) is 11.5 Å². The lowest BCUT2D eigenvalue weighted by Crippen LogP contribution is -2.14. The molecule has 28 heavy (non-hydrogen) atoms. The fourth-order valence-corrected chi connectivity index (χ4v) is 2.54. The Morgan fingerprint density at radius 1 is 1.14 bits per heavy atom. The summed E-state index contributed by atoms with van der Waals surface area (Å²) in [5, 5.41) is 2.77. The Morgan fingerprint density at radius 3 is 2.61 bits per heavy atom. The minimum atomic E-state index is -2.97. The predicted octanol–water partition coefficient (Wildman–Crippen LogP) is 4.00. The Bertz CT molecular complexity index is 867. The van der Waals surface area contributed by atoms with Gasteiger partial charge in [0.25, 0.3) is 0 Å². The van der Waals surface area contributed by atoms with Crippen molar-refractivity contribution in [1.29, 1.82) is 0 Å². The van der Waals surface area contributed by atoms with Crippen molar-refractivity contribution in [2.45, 2.75) is 26.1 Å². The van der Waals surface area contributed by atoms with Crippen molar-refractivity contribution in [2.24, 2.45) is 5.92 Å². The molecule has 0 saturated heterocycles. The topological polar surface area (TPSA) is 73.9 Å². The minimum Gasteiger partial charge on any atom is -0.493 e. The molecule has 0 radical (unpaired) electrons. The van der Waals surface area contributed by atoms with E-state index in [-0.39, 0.29) is 29.9 Å². The second-order valence-corrected chi connectivity index (χ2v) is 6.28. The van der Waals surface area contributed by atoms with Crippen LogP contribution in [0.2, 0.25) is 0 Å². The van der Waals surface area contributed by atoms with Crippen LogP contribution >= 0.6 is 0 Å². The molecule has 2 aromatic rings. The van der Waals surface area contributed by atoms with Crippen molar-refractivity contribution < 1.29 is 32.6 Å². The second kappa shape index (κ2) is 8.69. The van der Waals surface area contributed by atoms with Crippen LogP contribution in [0.25, 0.3) is 0 Å². The highest BCUT2D eigenvalue weighted by atomic mass is 19.3. The lowest BCUT2D eigenvalue weighted by Gasteiger charge is -2.12. The van der Waals surface area contributed by atoms with E-state index in [0.717, 1.165) is 12.8 Å². The van der Waals surface area contributed by atoms with Crippen LogP contribution in [0.3, 0.4) is 0 Å². The Morgan fingerprint density at radius 2 is 1.93 bits per heavy atom. The van der Waals surface area contributed by atoms with E-state index in [4.69, 9.17) is 9.47 Å². The fourth-order valence-electron chi connectivity index (χ4n) is 2.54. The molecule has 3 rings (SSSR count). The molecule has 0 unspecified atom stereocenters. The first-order valence-corrected chi connectivity index (χ1v) is 8.66. The van der Waals surface area contributed by atoms with Gasteiger partial charge < -0.3 is 19.5 Å². The van der Waals surface area contributed by atoms with E-state index in [9.17, 15) is 18.4 Å². The number of benzene rings is 2. The van der Waals surface area contributed by atoms with Crippen LogP contribution in [-0.2, 0) is 16.1 Å². The zero-order valence-corrected chi connectivity index (χ0v) is 15.1. The molecular weight excluding hydrogens is 372 g/mol. The highest BCUT2D eigenvalue weighted by Crippen LogP contribution is 2.31. The lowest BCUT2D eigenvalue weighted by molar-refractivity contribution is -0.117. The third-order valence-electron chi connectivity index (χ3n) is 4.13. The Balaban J connectivity index is 1.61. The quantitative estimate of drug-likeness (QED) is 0.689. The van der Waals surface area contributed by atoms with E-state index in [0.29, 0.717) is 16.8 Å². The van der Waals surface area contributed by atoms with Gasteiger partial charge in [0.05, 0.1) is 12.7 Å². The van der Waals surface area contributed by atoms with E-state index >= 15 is 0 Å². The Labute approximate surface area is 160 Å². The zero-order chi connectivity index (χ0) is 20.1. The Kier molecular flexibility index (Phi) is 6.08. The molecular formula is C20H19F2NO5. The average Bonchev–Trinajstić information content (AvgIpc) is 3.52. The number of hydrogen-bond donors (Lipinski definition) is 1. The SMILES string of the molecule is COc1cc(COC(=O)c2cccc(NC(=O)C3CC3)c2)ccc1OC(F)F. The van der Waals surface area contributed by atoms with Crippen molar-refractivity contribution in [1.82, 2.24) is 0 Å². The fraction of sp³-hybridized carbons (Fsp3) is 0.300. The number of esters is 1. The largest absolute Gasteiger partial charge is 0.493 e. The lowest BCUT2D eigenvalue weighted by atomic mass is 10.2. The number of nitrogens with one attached hydrogen (secondary N) is 1. The average molecular weight is 391 g/mol. The maximum atomic E-state index is 12.4. The molecule has 6 nitrogen and oxygen atoms in total. The number of amides is 1. The minimum absolute atomic E-state index is 0.0521. The number of ether oxygens (including phenoxy) is 3. The van der Waals surface area contributed by atoms with Crippen LogP contribution < -0.4 is 14.8 Å². The molecule has 148 valence electrons. The maximum absolute atomic E-state index is 12.4. The summed E-state index contributed by atoms with van der Waals surface area (Å²) in [6.07, 6.45) is 1.77. The highest BCUT2D eigenvalue weighted by Gasteiger charge is 2.29. The summed E-state index contributed by atoms with van der Waals surface area (Å²) in [5.74, 6) is -0.564. The molecule has 0 heterocycles. The summed E-state index contributed by atoms with van der Waals surface area (Å²) < 4.78 is 39.4. The van der Waals surface area contributed by atoms with Crippen LogP contribution in [0.1, 0.15) is 28.8 Å². The van der Waals surface area contributed by atoms with Gasteiger partial charge in [0, 0.05) is 11.6 Å². The first kappa shape index (κ1) is 19.6. The third kappa shape index (κ3) is 5.18. The standard InChI is InChI=1S/C20H19F2NO5/c1-26-17-9-12(5-8-16(17)28-20(21)22)11-27-19(25)14-3-2-4-15(10-14)23-18(24)13-6-7-13/h2-5,8-10,13,20H,6-7,11H2,1H3,(H,23,24). The summed E-state index contributed by atoms with van der Waals surface area (Å²) in [6.45, 7) is -3.05. The van der Waals surface area contributed by atoms with E-state index in [1.54, 1.807) is 24.3 Å². The summed E-state index contributed by atoms with van der Waals surface area (Å²) >= 11 is 0. The van der Waals surface area contributed by atoms with Crippen molar-refractivity contribution in [3.63, 3.8) is 0 Å². The van der Waals surface area contributed by atoms with E-state index < -0.39 is 12.6 Å². The summed E-state index contributed by atoms with van der Waals surface area (Å²) in [4.78, 5) is 24.1. The Hall–Kier alpha value is -3.16. The molecule has 8 heteroatoms. The van der Waals surface area contributed by atoms with E-state index in [1.165, 1.54) is 25.3 Å². The number of hydrogen-bond acceptors (Lipinski definition) is 5. The van der Waals surface area contributed by atoms with Crippen molar-refractivity contribution >= 4 is 17.6 Å². The normalized spacial score (nSPS) is 13.1. The van der Waals surface area contributed by atoms with Gasteiger partial charge in [-0.1, -0.05) is 12.1 Å². The molecule has 2 aromatic carbocycles. The van der Waals surface area contributed by atoms with Crippen molar-refractivity contribution in [2.75, 3.05) is 12.4 Å². The summed E-state index contributed by atoms with van der Waals surface area (Å²) in [5.41, 5.74) is 1.37. The molecule has 0 spiro atoms. The number of carbonyl (C=O) groups is 2. The number of halogens is 2. The molecule has 1 N–H and O–H groups in total. The van der Waals surface area contributed by atoms with Gasteiger partial charge in [-0.3, -0.25) is 4.79 Å². The number of anilines is 1. The monoisotopic (exact) mass is 391 g/mol. The number of rotatable bonds is 8. The molecule has 0 aliphatic heterocycles. The summed E-state index contributed by atoms with van der Waals surface area (Å²) in [7, 11) is 1.32. The molecule has 1 aliphatic rings. The molecule has 0 atom stereocenters.